The minimum Gasteiger partial charge on any atom is -0.481 e. The number of carbonyl (C=O) groups is 2. The van der Waals surface area contributed by atoms with Crippen LogP contribution in [0.15, 0.2) is 18.2 Å². The number of hydrogen-bond acceptors (Lipinski definition) is 2. The fraction of sp³-hybridized carbons (Fsp3) is 0.467. The Labute approximate surface area is 123 Å². The van der Waals surface area contributed by atoms with E-state index in [4.69, 9.17) is 16.7 Å². The molecule has 1 fully saturated rings. The highest BCUT2D eigenvalue weighted by molar-refractivity contribution is 6.31. The number of hydrogen-bond donors (Lipinski definition) is 2. The Bertz CT molecular complexity index is 536. The van der Waals surface area contributed by atoms with Gasteiger partial charge in [-0.15, -0.1) is 0 Å². The van der Waals surface area contributed by atoms with Crippen LogP contribution in [-0.4, -0.2) is 22.5 Å². The molecular weight excluding hydrogens is 278 g/mol. The summed E-state index contributed by atoms with van der Waals surface area (Å²) < 4.78 is 0. The Kier molecular flexibility index (Phi) is 4.33. The largest absolute Gasteiger partial charge is 0.481 e. The number of carboxylic acids is 1. The second kappa shape index (κ2) is 5.83. The van der Waals surface area contributed by atoms with Crippen molar-refractivity contribution in [1.82, 2.24) is 5.32 Å². The fourth-order valence-corrected chi connectivity index (χ4v) is 3.02. The molecule has 0 unspecified atom stereocenters. The standard InChI is InChI=1S/C15H18ClNO3/c1-10-11(5-4-6-12(10)16)14(20)17-15(9-13(18)19)7-2-3-8-15/h4-6H,2-3,7-9H2,1H3,(H,17,20)(H,18,19). The van der Waals surface area contributed by atoms with Crippen LogP contribution < -0.4 is 5.32 Å². The maximum Gasteiger partial charge on any atom is 0.305 e. The lowest BCUT2D eigenvalue weighted by Crippen LogP contribution is -2.48. The number of aliphatic carboxylic acids is 1. The average Bonchev–Trinajstić information content (AvgIpc) is 2.79. The van der Waals surface area contributed by atoms with Crippen LogP contribution in [0.3, 0.4) is 0 Å². The van der Waals surface area contributed by atoms with Crippen LogP contribution in [0.1, 0.15) is 48.0 Å². The van der Waals surface area contributed by atoms with E-state index in [2.05, 4.69) is 5.32 Å². The molecule has 0 aromatic heterocycles. The van der Waals surface area contributed by atoms with Gasteiger partial charge in [0, 0.05) is 10.6 Å². The summed E-state index contributed by atoms with van der Waals surface area (Å²) in [5.41, 5.74) is 0.613. The van der Waals surface area contributed by atoms with Gasteiger partial charge in [-0.1, -0.05) is 30.5 Å². The minimum atomic E-state index is -0.880. The van der Waals surface area contributed by atoms with E-state index in [9.17, 15) is 9.59 Å². The molecule has 0 atom stereocenters. The Hall–Kier alpha value is -1.55. The number of nitrogens with one attached hydrogen (secondary N) is 1. The molecule has 108 valence electrons. The zero-order valence-corrected chi connectivity index (χ0v) is 12.2. The van der Waals surface area contributed by atoms with Crippen molar-refractivity contribution in [3.63, 3.8) is 0 Å². The molecule has 0 saturated heterocycles. The van der Waals surface area contributed by atoms with E-state index >= 15 is 0 Å². The topological polar surface area (TPSA) is 66.4 Å². The minimum absolute atomic E-state index is 0.0294. The summed E-state index contributed by atoms with van der Waals surface area (Å²) in [4.78, 5) is 23.4. The second-order valence-electron chi connectivity index (χ2n) is 5.42. The zero-order chi connectivity index (χ0) is 14.8. The number of rotatable bonds is 4. The second-order valence-corrected chi connectivity index (χ2v) is 5.83. The van der Waals surface area contributed by atoms with Gasteiger partial charge < -0.3 is 10.4 Å². The summed E-state index contributed by atoms with van der Waals surface area (Å²) in [7, 11) is 0. The Morgan fingerprint density at radius 1 is 1.35 bits per heavy atom. The smallest absolute Gasteiger partial charge is 0.305 e. The Morgan fingerprint density at radius 2 is 2.00 bits per heavy atom. The average molecular weight is 296 g/mol. The van der Waals surface area contributed by atoms with Crippen molar-refractivity contribution in [3.8, 4) is 0 Å². The van der Waals surface area contributed by atoms with Gasteiger partial charge in [0.2, 0.25) is 0 Å². The van der Waals surface area contributed by atoms with Crippen molar-refractivity contribution in [3.05, 3.63) is 34.3 Å². The molecule has 0 bridgehead atoms. The molecule has 1 aromatic carbocycles. The van der Waals surface area contributed by atoms with Crippen molar-refractivity contribution in [2.24, 2.45) is 0 Å². The van der Waals surface area contributed by atoms with E-state index < -0.39 is 11.5 Å². The van der Waals surface area contributed by atoms with Crippen LogP contribution in [0.2, 0.25) is 5.02 Å². The summed E-state index contributed by atoms with van der Waals surface area (Å²) in [5, 5.41) is 12.5. The summed E-state index contributed by atoms with van der Waals surface area (Å²) in [6.07, 6.45) is 3.29. The van der Waals surface area contributed by atoms with E-state index in [1.165, 1.54) is 0 Å². The fourth-order valence-electron chi connectivity index (χ4n) is 2.85. The van der Waals surface area contributed by atoms with Gasteiger partial charge >= 0.3 is 5.97 Å². The molecule has 1 saturated carbocycles. The monoisotopic (exact) mass is 295 g/mol. The van der Waals surface area contributed by atoms with E-state index in [1.807, 2.05) is 0 Å². The third kappa shape index (κ3) is 3.12. The van der Waals surface area contributed by atoms with Crippen molar-refractivity contribution in [2.45, 2.75) is 44.6 Å². The normalized spacial score (nSPS) is 16.9. The molecule has 2 rings (SSSR count). The number of halogens is 1. The van der Waals surface area contributed by atoms with E-state index in [0.717, 1.165) is 18.4 Å². The quantitative estimate of drug-likeness (QED) is 0.896. The number of carbonyl (C=O) groups excluding carboxylic acids is 1. The van der Waals surface area contributed by atoms with Gasteiger partial charge in [0.1, 0.15) is 0 Å². The third-order valence-electron chi connectivity index (χ3n) is 3.94. The van der Waals surface area contributed by atoms with E-state index in [0.29, 0.717) is 23.4 Å². The zero-order valence-electron chi connectivity index (χ0n) is 11.4. The molecule has 20 heavy (non-hydrogen) atoms. The summed E-state index contributed by atoms with van der Waals surface area (Å²) in [5.74, 6) is -1.12. The van der Waals surface area contributed by atoms with Gasteiger partial charge in [-0.05, 0) is 37.5 Å². The predicted octanol–water partition coefficient (Wildman–Crippen LogP) is 3.17. The van der Waals surface area contributed by atoms with Gasteiger partial charge in [0.25, 0.3) is 5.91 Å². The first-order valence-corrected chi connectivity index (χ1v) is 7.11. The lowest BCUT2D eigenvalue weighted by molar-refractivity contribution is -0.138. The molecular formula is C15H18ClNO3. The molecule has 0 radical (unpaired) electrons. The van der Waals surface area contributed by atoms with Gasteiger partial charge in [0.05, 0.1) is 12.0 Å². The summed E-state index contributed by atoms with van der Waals surface area (Å²) in [6, 6.07) is 5.17. The SMILES string of the molecule is Cc1c(Cl)cccc1C(=O)NC1(CC(=O)O)CCCC1. The van der Waals surface area contributed by atoms with Crippen molar-refractivity contribution >= 4 is 23.5 Å². The lowest BCUT2D eigenvalue weighted by Gasteiger charge is -2.29. The van der Waals surface area contributed by atoms with Crippen LogP contribution in [0.4, 0.5) is 0 Å². The Balaban J connectivity index is 2.20. The van der Waals surface area contributed by atoms with Crippen LogP contribution in [0.25, 0.3) is 0 Å². The van der Waals surface area contributed by atoms with Crippen LogP contribution in [0, 0.1) is 6.92 Å². The van der Waals surface area contributed by atoms with Crippen LogP contribution in [0.5, 0.6) is 0 Å². The van der Waals surface area contributed by atoms with Gasteiger partial charge in [0.15, 0.2) is 0 Å². The summed E-state index contributed by atoms with van der Waals surface area (Å²) >= 11 is 6.02. The maximum atomic E-state index is 12.4. The van der Waals surface area contributed by atoms with Crippen LogP contribution in [-0.2, 0) is 4.79 Å². The van der Waals surface area contributed by atoms with Gasteiger partial charge in [-0.25, -0.2) is 0 Å². The van der Waals surface area contributed by atoms with E-state index in [1.54, 1.807) is 25.1 Å². The van der Waals surface area contributed by atoms with Crippen molar-refractivity contribution < 1.29 is 14.7 Å². The molecule has 2 N–H and O–H groups in total. The van der Waals surface area contributed by atoms with E-state index in [-0.39, 0.29) is 12.3 Å². The highest BCUT2D eigenvalue weighted by Gasteiger charge is 2.37. The highest BCUT2D eigenvalue weighted by Crippen LogP contribution is 2.33. The molecule has 0 spiro atoms. The highest BCUT2D eigenvalue weighted by atomic mass is 35.5. The molecule has 0 aliphatic heterocycles. The molecule has 1 aliphatic rings. The molecule has 1 aromatic rings. The number of benzene rings is 1. The van der Waals surface area contributed by atoms with Crippen LogP contribution >= 0.6 is 11.6 Å². The first-order valence-electron chi connectivity index (χ1n) is 6.73. The van der Waals surface area contributed by atoms with Crippen molar-refractivity contribution in [1.29, 1.82) is 0 Å². The first-order chi connectivity index (χ1) is 9.43. The lowest BCUT2D eigenvalue weighted by atomic mass is 9.92. The molecule has 4 nitrogen and oxygen atoms in total. The first kappa shape index (κ1) is 14.9. The molecule has 1 amide bonds. The van der Waals surface area contributed by atoms with Crippen molar-refractivity contribution in [2.75, 3.05) is 0 Å². The van der Waals surface area contributed by atoms with Gasteiger partial charge in [-0.3, -0.25) is 9.59 Å². The maximum absolute atomic E-state index is 12.4. The Morgan fingerprint density at radius 3 is 2.60 bits per heavy atom. The predicted molar refractivity (Wildman–Crippen MR) is 77.1 cm³/mol. The third-order valence-corrected chi connectivity index (χ3v) is 4.35. The molecule has 0 heterocycles. The summed E-state index contributed by atoms with van der Waals surface area (Å²) in [6.45, 7) is 1.79. The molecule has 5 heteroatoms. The number of carboxylic acid groups (broad SMARTS) is 1. The van der Waals surface area contributed by atoms with Gasteiger partial charge in [-0.2, -0.15) is 0 Å². The number of amides is 1. The molecule has 1 aliphatic carbocycles.